The molecule has 0 saturated carbocycles. The van der Waals surface area contributed by atoms with Gasteiger partial charge in [0.25, 0.3) is 0 Å². The number of nitrogens with one attached hydrogen (secondary N) is 1. The maximum Gasteiger partial charge on any atom is 0.130 e. The molecule has 4 heteroatoms. The fraction of sp³-hybridized carbons (Fsp3) is 0.438. The third-order valence-corrected chi connectivity index (χ3v) is 3.32. The first-order valence-electron chi connectivity index (χ1n) is 7.03. The summed E-state index contributed by atoms with van der Waals surface area (Å²) in [6.45, 7) is 8.51. The Bertz CT molecular complexity index is 575. The summed E-state index contributed by atoms with van der Waals surface area (Å²) < 4.78 is 7.92. The molecule has 2 rings (SSSR count). The van der Waals surface area contributed by atoms with E-state index < -0.39 is 0 Å². The second kappa shape index (κ2) is 6.57. The highest BCUT2D eigenvalue weighted by Gasteiger charge is 2.09. The van der Waals surface area contributed by atoms with Crippen molar-refractivity contribution >= 4 is 0 Å². The van der Waals surface area contributed by atoms with Gasteiger partial charge in [-0.1, -0.05) is 25.1 Å². The maximum absolute atomic E-state index is 6.04. The number of rotatable bonds is 6. The molecule has 0 atom stereocenters. The van der Waals surface area contributed by atoms with Crippen LogP contribution in [0.15, 0.2) is 24.3 Å². The lowest BCUT2D eigenvalue weighted by molar-refractivity contribution is 0.289. The normalized spacial score (nSPS) is 10.8. The van der Waals surface area contributed by atoms with Crippen LogP contribution in [0.25, 0.3) is 0 Å². The largest absolute Gasteiger partial charge is 0.487 e. The van der Waals surface area contributed by atoms with E-state index >= 15 is 0 Å². The summed E-state index contributed by atoms with van der Waals surface area (Å²) >= 11 is 0. The van der Waals surface area contributed by atoms with Gasteiger partial charge in [-0.3, -0.25) is 4.68 Å². The lowest BCUT2D eigenvalue weighted by Crippen LogP contribution is -2.13. The van der Waals surface area contributed by atoms with Crippen LogP contribution in [0.4, 0.5) is 0 Å². The van der Waals surface area contributed by atoms with Crippen molar-refractivity contribution in [1.29, 1.82) is 0 Å². The number of aryl methyl sites for hydroxylation is 3. The van der Waals surface area contributed by atoms with Gasteiger partial charge in [-0.25, -0.2) is 0 Å². The van der Waals surface area contributed by atoms with Crippen LogP contribution < -0.4 is 10.1 Å². The van der Waals surface area contributed by atoms with E-state index in [4.69, 9.17) is 4.74 Å². The summed E-state index contributed by atoms with van der Waals surface area (Å²) in [5.74, 6) is 0.979. The SMILES string of the molecule is CCNCc1cccc(C)c1OCc1cc(C)nn1C. The van der Waals surface area contributed by atoms with Gasteiger partial charge in [-0.2, -0.15) is 5.10 Å². The van der Waals surface area contributed by atoms with Crippen LogP contribution in [0, 0.1) is 13.8 Å². The number of ether oxygens (including phenoxy) is 1. The molecule has 0 aliphatic rings. The zero-order chi connectivity index (χ0) is 14.5. The van der Waals surface area contributed by atoms with Crippen molar-refractivity contribution in [2.24, 2.45) is 7.05 Å². The predicted octanol–water partition coefficient (Wildman–Crippen LogP) is 2.73. The minimum Gasteiger partial charge on any atom is -0.487 e. The summed E-state index contributed by atoms with van der Waals surface area (Å²) in [4.78, 5) is 0. The molecule has 0 spiro atoms. The van der Waals surface area contributed by atoms with E-state index in [2.05, 4.69) is 48.5 Å². The van der Waals surface area contributed by atoms with Gasteiger partial charge >= 0.3 is 0 Å². The zero-order valence-electron chi connectivity index (χ0n) is 12.7. The lowest BCUT2D eigenvalue weighted by atomic mass is 10.1. The Balaban J connectivity index is 2.13. The highest BCUT2D eigenvalue weighted by Crippen LogP contribution is 2.24. The Morgan fingerprint density at radius 3 is 2.75 bits per heavy atom. The van der Waals surface area contributed by atoms with E-state index in [1.165, 1.54) is 11.1 Å². The van der Waals surface area contributed by atoms with Crippen LogP contribution in [0.5, 0.6) is 5.75 Å². The molecular formula is C16H23N3O. The summed E-state index contributed by atoms with van der Waals surface area (Å²) in [6, 6.07) is 8.32. The fourth-order valence-electron chi connectivity index (χ4n) is 2.26. The third kappa shape index (κ3) is 3.39. The molecular weight excluding hydrogens is 250 g/mol. The van der Waals surface area contributed by atoms with Crippen LogP contribution in [0.2, 0.25) is 0 Å². The Labute approximate surface area is 120 Å². The van der Waals surface area contributed by atoms with Crippen molar-refractivity contribution in [3.63, 3.8) is 0 Å². The van der Waals surface area contributed by atoms with Crippen molar-refractivity contribution in [2.45, 2.75) is 33.9 Å². The Morgan fingerprint density at radius 2 is 2.10 bits per heavy atom. The molecule has 0 aliphatic heterocycles. The van der Waals surface area contributed by atoms with E-state index in [0.29, 0.717) is 6.61 Å². The van der Waals surface area contributed by atoms with Gasteiger partial charge in [-0.05, 0) is 32.0 Å². The van der Waals surface area contributed by atoms with Crippen LogP contribution in [0.1, 0.15) is 29.4 Å². The van der Waals surface area contributed by atoms with E-state index in [1.807, 2.05) is 18.7 Å². The monoisotopic (exact) mass is 273 g/mol. The standard InChI is InChI=1S/C16H23N3O/c1-5-17-10-14-8-6-7-12(2)16(14)20-11-15-9-13(3)18-19(15)4/h6-9,17H,5,10-11H2,1-4H3. The molecule has 4 nitrogen and oxygen atoms in total. The molecule has 0 aliphatic carbocycles. The molecule has 2 aromatic rings. The van der Waals surface area contributed by atoms with Gasteiger partial charge in [0.2, 0.25) is 0 Å². The smallest absolute Gasteiger partial charge is 0.130 e. The van der Waals surface area contributed by atoms with Crippen molar-refractivity contribution in [3.05, 3.63) is 46.8 Å². The summed E-state index contributed by atoms with van der Waals surface area (Å²) in [6.07, 6.45) is 0. The Morgan fingerprint density at radius 1 is 1.30 bits per heavy atom. The zero-order valence-corrected chi connectivity index (χ0v) is 12.7. The maximum atomic E-state index is 6.04. The summed E-state index contributed by atoms with van der Waals surface area (Å²) in [5, 5.41) is 7.69. The number of nitrogens with zero attached hydrogens (tertiary/aromatic N) is 2. The van der Waals surface area contributed by atoms with Crippen LogP contribution in [0.3, 0.4) is 0 Å². The second-order valence-corrected chi connectivity index (χ2v) is 5.03. The number of aromatic nitrogens is 2. The first-order chi connectivity index (χ1) is 9.61. The average Bonchev–Trinajstić information content (AvgIpc) is 2.73. The first-order valence-corrected chi connectivity index (χ1v) is 7.03. The Hall–Kier alpha value is -1.81. The van der Waals surface area contributed by atoms with Crippen LogP contribution in [-0.4, -0.2) is 16.3 Å². The minimum absolute atomic E-state index is 0.543. The number of hydrogen-bond acceptors (Lipinski definition) is 3. The van der Waals surface area contributed by atoms with E-state index in [1.54, 1.807) is 0 Å². The summed E-state index contributed by atoms with van der Waals surface area (Å²) in [7, 11) is 1.95. The van der Waals surface area contributed by atoms with Gasteiger partial charge in [0.1, 0.15) is 12.4 Å². The van der Waals surface area contributed by atoms with Gasteiger partial charge in [0.15, 0.2) is 0 Å². The summed E-state index contributed by atoms with van der Waals surface area (Å²) in [5.41, 5.74) is 4.47. The molecule has 0 amide bonds. The molecule has 1 heterocycles. The average molecular weight is 273 g/mol. The quantitative estimate of drug-likeness (QED) is 0.879. The molecule has 0 radical (unpaired) electrons. The predicted molar refractivity (Wildman–Crippen MR) is 80.8 cm³/mol. The second-order valence-electron chi connectivity index (χ2n) is 5.03. The number of benzene rings is 1. The van der Waals surface area contributed by atoms with E-state index in [0.717, 1.165) is 30.2 Å². The molecule has 1 aromatic carbocycles. The van der Waals surface area contributed by atoms with Crippen molar-refractivity contribution in [2.75, 3.05) is 6.54 Å². The Kier molecular flexibility index (Phi) is 4.79. The van der Waals surface area contributed by atoms with Crippen LogP contribution in [-0.2, 0) is 20.2 Å². The van der Waals surface area contributed by atoms with Crippen molar-refractivity contribution in [3.8, 4) is 5.75 Å². The molecule has 0 saturated heterocycles. The lowest BCUT2D eigenvalue weighted by Gasteiger charge is -2.14. The van der Waals surface area contributed by atoms with E-state index in [-0.39, 0.29) is 0 Å². The molecule has 0 bridgehead atoms. The molecule has 108 valence electrons. The fourth-order valence-corrected chi connectivity index (χ4v) is 2.26. The molecule has 20 heavy (non-hydrogen) atoms. The first kappa shape index (κ1) is 14.6. The van der Waals surface area contributed by atoms with Gasteiger partial charge in [0, 0.05) is 19.2 Å². The molecule has 1 aromatic heterocycles. The number of para-hydroxylation sites is 1. The molecule has 0 unspecified atom stereocenters. The van der Waals surface area contributed by atoms with Crippen LogP contribution >= 0.6 is 0 Å². The van der Waals surface area contributed by atoms with Gasteiger partial charge < -0.3 is 10.1 Å². The highest BCUT2D eigenvalue weighted by molar-refractivity contribution is 5.40. The highest BCUT2D eigenvalue weighted by atomic mass is 16.5. The van der Waals surface area contributed by atoms with E-state index in [9.17, 15) is 0 Å². The molecule has 1 N–H and O–H groups in total. The van der Waals surface area contributed by atoms with Gasteiger partial charge in [-0.15, -0.1) is 0 Å². The molecule has 0 fully saturated rings. The van der Waals surface area contributed by atoms with Gasteiger partial charge in [0.05, 0.1) is 11.4 Å². The third-order valence-electron chi connectivity index (χ3n) is 3.32. The van der Waals surface area contributed by atoms with Crippen molar-refractivity contribution < 1.29 is 4.74 Å². The minimum atomic E-state index is 0.543. The number of hydrogen-bond donors (Lipinski definition) is 1. The van der Waals surface area contributed by atoms with Crippen molar-refractivity contribution in [1.82, 2.24) is 15.1 Å². The topological polar surface area (TPSA) is 39.1 Å².